The van der Waals surface area contributed by atoms with Crippen molar-refractivity contribution in [3.8, 4) is 0 Å². The first kappa shape index (κ1) is 19.1. The summed E-state index contributed by atoms with van der Waals surface area (Å²) in [5.41, 5.74) is 2.68. The van der Waals surface area contributed by atoms with Crippen molar-refractivity contribution in [2.24, 2.45) is 7.05 Å². The van der Waals surface area contributed by atoms with Crippen molar-refractivity contribution in [1.29, 1.82) is 0 Å². The number of hydrogen-bond donors (Lipinski definition) is 3. The topological polar surface area (TPSA) is 92.6 Å². The second-order valence-corrected chi connectivity index (χ2v) is 6.08. The van der Waals surface area contributed by atoms with Crippen molar-refractivity contribution < 1.29 is 23.9 Å². The van der Waals surface area contributed by atoms with Gasteiger partial charge in [0.1, 0.15) is 11.6 Å². The van der Waals surface area contributed by atoms with Crippen LogP contribution in [0.2, 0.25) is 0 Å². The maximum Gasteiger partial charge on any atom is 0.278 e. The van der Waals surface area contributed by atoms with Gasteiger partial charge in [0.15, 0.2) is 5.78 Å². The van der Waals surface area contributed by atoms with Crippen molar-refractivity contribution >= 4 is 39.1 Å². The number of carbonyl (C=O) groups is 2. The van der Waals surface area contributed by atoms with Crippen LogP contribution < -0.4 is 10.8 Å². The SMILES string of the molecule is CC(=O)c1cc(C(=O)NOCCO)c(Nc2ccc(Br)cc2F)n1C. The summed E-state index contributed by atoms with van der Waals surface area (Å²) in [5, 5.41) is 11.5. The number of anilines is 2. The highest BCUT2D eigenvalue weighted by Crippen LogP contribution is 2.28. The Labute approximate surface area is 151 Å². The minimum atomic E-state index is -0.628. The summed E-state index contributed by atoms with van der Waals surface area (Å²) < 4.78 is 16.1. The molecule has 0 aliphatic heterocycles. The number of Topliss-reactive ketones (excluding diaryl/α,β-unsaturated/α-hetero) is 1. The minimum absolute atomic E-state index is 0.0811. The van der Waals surface area contributed by atoms with E-state index in [1.165, 1.54) is 29.7 Å². The molecule has 0 bridgehead atoms. The number of benzene rings is 1. The fourth-order valence-electron chi connectivity index (χ4n) is 2.20. The summed E-state index contributed by atoms with van der Waals surface area (Å²) in [5.74, 6) is -1.17. The molecule has 1 heterocycles. The van der Waals surface area contributed by atoms with Crippen LogP contribution in [0.15, 0.2) is 28.7 Å². The van der Waals surface area contributed by atoms with Crippen LogP contribution in [0, 0.1) is 5.82 Å². The molecule has 0 saturated carbocycles. The van der Waals surface area contributed by atoms with Gasteiger partial charge in [-0.25, -0.2) is 9.87 Å². The predicted molar refractivity (Wildman–Crippen MR) is 93.3 cm³/mol. The maximum atomic E-state index is 14.1. The van der Waals surface area contributed by atoms with Crippen LogP contribution in [0.5, 0.6) is 0 Å². The quantitative estimate of drug-likeness (QED) is 0.368. The summed E-state index contributed by atoms with van der Waals surface area (Å²) >= 11 is 3.17. The van der Waals surface area contributed by atoms with Gasteiger partial charge in [0.2, 0.25) is 0 Å². The van der Waals surface area contributed by atoms with Crippen LogP contribution in [0.4, 0.5) is 15.9 Å². The zero-order chi connectivity index (χ0) is 18.6. The molecule has 0 aliphatic carbocycles. The first-order chi connectivity index (χ1) is 11.8. The summed E-state index contributed by atoms with van der Waals surface area (Å²) in [6.07, 6.45) is 0. The van der Waals surface area contributed by atoms with Gasteiger partial charge < -0.3 is 15.0 Å². The molecule has 0 fully saturated rings. The molecule has 25 heavy (non-hydrogen) atoms. The summed E-state index contributed by atoms with van der Waals surface area (Å²) in [6, 6.07) is 5.81. The Bertz CT molecular complexity index is 807. The average Bonchev–Trinajstić information content (AvgIpc) is 2.87. The molecule has 0 unspecified atom stereocenters. The molecule has 134 valence electrons. The number of aliphatic hydroxyl groups is 1. The maximum absolute atomic E-state index is 14.1. The van der Waals surface area contributed by atoms with Gasteiger partial charge in [-0.1, -0.05) is 15.9 Å². The third kappa shape index (κ3) is 4.44. The normalized spacial score (nSPS) is 10.6. The van der Waals surface area contributed by atoms with E-state index in [1.807, 2.05) is 0 Å². The van der Waals surface area contributed by atoms with Gasteiger partial charge in [0.05, 0.1) is 30.2 Å². The van der Waals surface area contributed by atoms with Crippen LogP contribution >= 0.6 is 15.9 Å². The molecule has 2 aromatic rings. The number of nitrogens with one attached hydrogen (secondary N) is 2. The van der Waals surface area contributed by atoms with Crippen molar-refractivity contribution in [2.75, 3.05) is 18.5 Å². The molecule has 3 N–H and O–H groups in total. The van der Waals surface area contributed by atoms with E-state index >= 15 is 0 Å². The molecule has 1 aromatic heterocycles. The van der Waals surface area contributed by atoms with Gasteiger partial charge in [-0.2, -0.15) is 0 Å². The molecule has 7 nitrogen and oxygen atoms in total. The Morgan fingerprint density at radius 1 is 1.36 bits per heavy atom. The molecule has 0 aliphatic rings. The van der Waals surface area contributed by atoms with E-state index in [0.29, 0.717) is 4.47 Å². The molecule has 1 aromatic carbocycles. The first-order valence-corrected chi connectivity index (χ1v) is 8.10. The van der Waals surface area contributed by atoms with Crippen LogP contribution in [0.25, 0.3) is 0 Å². The van der Waals surface area contributed by atoms with Crippen LogP contribution in [-0.4, -0.2) is 34.6 Å². The standard InChI is InChI=1S/C16H17BrFN3O4/c1-9(23)14-8-11(16(24)20-25-6-5-22)15(21(14)2)19-13-4-3-10(17)7-12(13)18/h3-4,7-8,19,22H,5-6H2,1-2H3,(H,20,24). The summed E-state index contributed by atoms with van der Waals surface area (Å²) in [6.45, 7) is 1.02. The minimum Gasteiger partial charge on any atom is -0.394 e. The van der Waals surface area contributed by atoms with E-state index < -0.39 is 11.7 Å². The van der Waals surface area contributed by atoms with Gasteiger partial charge in [0.25, 0.3) is 5.91 Å². The number of hydroxylamine groups is 1. The van der Waals surface area contributed by atoms with Crippen LogP contribution in [-0.2, 0) is 11.9 Å². The lowest BCUT2D eigenvalue weighted by Crippen LogP contribution is -2.25. The van der Waals surface area contributed by atoms with E-state index in [0.717, 1.165) is 0 Å². The van der Waals surface area contributed by atoms with Gasteiger partial charge in [0, 0.05) is 18.4 Å². The highest BCUT2D eigenvalue weighted by Gasteiger charge is 2.22. The number of rotatable bonds is 7. The molecule has 9 heteroatoms. The lowest BCUT2D eigenvalue weighted by molar-refractivity contribution is 0.0169. The van der Waals surface area contributed by atoms with Crippen molar-refractivity contribution in [2.45, 2.75) is 6.92 Å². The third-order valence-corrected chi connectivity index (χ3v) is 3.87. The molecular weight excluding hydrogens is 397 g/mol. The van der Waals surface area contributed by atoms with Gasteiger partial charge in [-0.05, 0) is 24.3 Å². The van der Waals surface area contributed by atoms with Gasteiger partial charge in [-0.3, -0.25) is 14.4 Å². The summed E-state index contributed by atoms with van der Waals surface area (Å²) in [4.78, 5) is 28.8. The largest absolute Gasteiger partial charge is 0.394 e. The molecule has 0 spiro atoms. The third-order valence-electron chi connectivity index (χ3n) is 3.38. The highest BCUT2D eigenvalue weighted by atomic mass is 79.9. The lowest BCUT2D eigenvalue weighted by Gasteiger charge is -2.12. The molecule has 1 amide bonds. The second-order valence-electron chi connectivity index (χ2n) is 5.16. The van der Waals surface area contributed by atoms with Gasteiger partial charge in [-0.15, -0.1) is 0 Å². The van der Waals surface area contributed by atoms with E-state index in [9.17, 15) is 14.0 Å². The smallest absolute Gasteiger partial charge is 0.278 e. The number of nitrogens with zero attached hydrogens (tertiary/aromatic N) is 1. The zero-order valence-corrected chi connectivity index (χ0v) is 15.2. The number of aliphatic hydroxyl groups excluding tert-OH is 1. The molecule has 0 atom stereocenters. The van der Waals surface area contributed by atoms with E-state index in [2.05, 4.69) is 26.7 Å². The number of carbonyl (C=O) groups excluding carboxylic acids is 2. The Balaban J connectivity index is 2.40. The van der Waals surface area contributed by atoms with E-state index in [4.69, 9.17) is 9.94 Å². The van der Waals surface area contributed by atoms with Crippen molar-refractivity contribution in [3.05, 3.63) is 45.8 Å². The van der Waals surface area contributed by atoms with Crippen LogP contribution in [0.3, 0.4) is 0 Å². The number of ketones is 1. The fraction of sp³-hybridized carbons (Fsp3) is 0.250. The monoisotopic (exact) mass is 413 g/mol. The number of aromatic nitrogens is 1. The number of halogens is 2. The second kappa shape index (κ2) is 8.24. The molecule has 2 rings (SSSR count). The van der Waals surface area contributed by atoms with Crippen molar-refractivity contribution in [3.63, 3.8) is 0 Å². The Hall–Kier alpha value is -2.23. The van der Waals surface area contributed by atoms with E-state index in [1.54, 1.807) is 13.1 Å². The van der Waals surface area contributed by atoms with Crippen molar-refractivity contribution in [1.82, 2.24) is 10.0 Å². The zero-order valence-electron chi connectivity index (χ0n) is 13.6. The Morgan fingerprint density at radius 2 is 2.08 bits per heavy atom. The lowest BCUT2D eigenvalue weighted by atomic mass is 10.2. The predicted octanol–water partition coefficient (Wildman–Crippen LogP) is 2.53. The first-order valence-electron chi connectivity index (χ1n) is 7.31. The molecule has 0 radical (unpaired) electrons. The van der Waals surface area contributed by atoms with E-state index in [-0.39, 0.29) is 41.8 Å². The molecule has 0 saturated heterocycles. The highest BCUT2D eigenvalue weighted by molar-refractivity contribution is 9.10. The Morgan fingerprint density at radius 3 is 2.68 bits per heavy atom. The number of hydrogen-bond acceptors (Lipinski definition) is 5. The fourth-order valence-corrected chi connectivity index (χ4v) is 2.53. The average molecular weight is 414 g/mol. The Kier molecular flexibility index (Phi) is 6.29. The number of amides is 1. The van der Waals surface area contributed by atoms with Gasteiger partial charge >= 0.3 is 0 Å². The summed E-state index contributed by atoms with van der Waals surface area (Å²) in [7, 11) is 1.58. The molecular formula is C16H17BrFN3O4. The van der Waals surface area contributed by atoms with Crippen LogP contribution in [0.1, 0.15) is 27.8 Å².